The van der Waals surface area contributed by atoms with Crippen molar-refractivity contribution in [3.05, 3.63) is 17.8 Å². The number of ether oxygens (including phenoxy) is 2. The first kappa shape index (κ1) is 14.1. The summed E-state index contributed by atoms with van der Waals surface area (Å²) in [6.45, 7) is 8.49. The Balaban J connectivity index is 2.17. The summed E-state index contributed by atoms with van der Waals surface area (Å²) in [6.07, 6.45) is 5.68. The summed E-state index contributed by atoms with van der Waals surface area (Å²) in [4.78, 5) is 6.81. The van der Waals surface area contributed by atoms with Gasteiger partial charge in [-0.05, 0) is 45.8 Å². The number of hydrogen-bond donors (Lipinski definition) is 0. The third-order valence-electron chi connectivity index (χ3n) is 3.38. The first-order valence-corrected chi connectivity index (χ1v) is 7.31. The molecular formula is C15H24N2O2. The van der Waals surface area contributed by atoms with E-state index < -0.39 is 0 Å². The normalized spacial score (nSPS) is 16.3. The maximum Gasteiger partial charge on any atom is 0.221 e. The van der Waals surface area contributed by atoms with Gasteiger partial charge < -0.3 is 9.47 Å². The zero-order valence-electron chi connectivity index (χ0n) is 12.0. The van der Waals surface area contributed by atoms with Gasteiger partial charge in [-0.2, -0.15) is 0 Å². The molecule has 1 saturated heterocycles. The molecule has 2 heterocycles. The van der Waals surface area contributed by atoms with Crippen LogP contribution in [0.15, 0.2) is 12.3 Å². The molecule has 0 unspecified atom stereocenters. The largest absolute Gasteiger partial charge is 0.493 e. The molecule has 1 aromatic heterocycles. The molecule has 0 atom stereocenters. The average molecular weight is 264 g/mol. The van der Waals surface area contributed by atoms with Crippen molar-refractivity contribution in [2.45, 2.75) is 39.7 Å². The van der Waals surface area contributed by atoms with Gasteiger partial charge in [-0.15, -0.1) is 0 Å². The van der Waals surface area contributed by atoms with Gasteiger partial charge in [-0.25, -0.2) is 4.98 Å². The Labute approximate surface area is 115 Å². The molecule has 2 rings (SSSR count). The number of nitrogens with zero attached hydrogens (tertiary/aromatic N) is 2. The highest BCUT2D eigenvalue weighted by molar-refractivity contribution is 5.39. The van der Waals surface area contributed by atoms with Crippen LogP contribution in [0.1, 0.15) is 38.7 Å². The van der Waals surface area contributed by atoms with Crippen molar-refractivity contribution >= 4 is 0 Å². The second kappa shape index (κ2) is 7.34. The maximum atomic E-state index is 5.72. The fourth-order valence-corrected chi connectivity index (χ4v) is 2.50. The number of hydrogen-bond acceptors (Lipinski definition) is 4. The maximum absolute atomic E-state index is 5.72. The van der Waals surface area contributed by atoms with Crippen LogP contribution >= 0.6 is 0 Å². The third-order valence-corrected chi connectivity index (χ3v) is 3.38. The number of rotatable bonds is 6. The molecule has 0 saturated carbocycles. The highest BCUT2D eigenvalue weighted by Crippen LogP contribution is 2.28. The fraction of sp³-hybridized carbons (Fsp3) is 0.667. The quantitative estimate of drug-likeness (QED) is 0.791. The van der Waals surface area contributed by atoms with E-state index in [-0.39, 0.29) is 0 Å². The van der Waals surface area contributed by atoms with Crippen molar-refractivity contribution < 1.29 is 9.47 Å². The van der Waals surface area contributed by atoms with Crippen LogP contribution in [-0.2, 0) is 6.54 Å². The average Bonchev–Trinajstić information content (AvgIpc) is 2.44. The lowest BCUT2D eigenvalue weighted by atomic mass is 10.1. The Kier molecular flexibility index (Phi) is 5.45. The summed E-state index contributed by atoms with van der Waals surface area (Å²) in [5.41, 5.74) is 1.09. The number of pyridine rings is 1. The Morgan fingerprint density at radius 3 is 2.53 bits per heavy atom. The summed E-state index contributed by atoms with van der Waals surface area (Å²) < 4.78 is 11.4. The number of aromatic nitrogens is 1. The van der Waals surface area contributed by atoms with Crippen LogP contribution in [-0.4, -0.2) is 36.2 Å². The van der Waals surface area contributed by atoms with Crippen molar-refractivity contribution in [1.82, 2.24) is 9.88 Å². The van der Waals surface area contributed by atoms with Crippen molar-refractivity contribution in [3.63, 3.8) is 0 Å². The molecule has 0 amide bonds. The van der Waals surface area contributed by atoms with E-state index in [0.717, 1.165) is 36.8 Å². The Morgan fingerprint density at radius 1 is 1.11 bits per heavy atom. The summed E-state index contributed by atoms with van der Waals surface area (Å²) in [6, 6.07) is 1.94. The van der Waals surface area contributed by atoms with Crippen LogP contribution in [0.2, 0.25) is 0 Å². The standard InChI is InChI=1S/C15H24N2O2/c1-3-18-14-8-9-16-15(19-4-2)13(14)12-17-10-6-5-7-11-17/h8-9H,3-7,10-12H2,1-2H3. The Hall–Kier alpha value is -1.29. The monoisotopic (exact) mass is 264 g/mol. The predicted octanol–water partition coefficient (Wildman–Crippen LogP) is 2.86. The van der Waals surface area contributed by atoms with Crippen molar-refractivity contribution in [2.24, 2.45) is 0 Å². The van der Waals surface area contributed by atoms with Gasteiger partial charge >= 0.3 is 0 Å². The van der Waals surface area contributed by atoms with E-state index in [9.17, 15) is 0 Å². The molecule has 1 aliphatic rings. The Morgan fingerprint density at radius 2 is 1.84 bits per heavy atom. The van der Waals surface area contributed by atoms with E-state index in [1.54, 1.807) is 6.20 Å². The molecule has 4 nitrogen and oxygen atoms in total. The molecule has 0 N–H and O–H groups in total. The molecule has 1 aliphatic heterocycles. The van der Waals surface area contributed by atoms with Gasteiger partial charge in [0.2, 0.25) is 5.88 Å². The molecule has 1 fully saturated rings. The molecule has 0 spiro atoms. The van der Waals surface area contributed by atoms with Crippen LogP contribution in [0, 0.1) is 0 Å². The molecule has 0 aromatic carbocycles. The molecule has 19 heavy (non-hydrogen) atoms. The molecule has 0 radical (unpaired) electrons. The van der Waals surface area contributed by atoms with Gasteiger partial charge in [-0.3, -0.25) is 4.90 Å². The first-order chi connectivity index (χ1) is 9.35. The lowest BCUT2D eigenvalue weighted by Gasteiger charge is -2.27. The smallest absolute Gasteiger partial charge is 0.221 e. The fourth-order valence-electron chi connectivity index (χ4n) is 2.50. The minimum atomic E-state index is 0.635. The summed E-state index contributed by atoms with van der Waals surface area (Å²) in [5.74, 6) is 1.63. The molecular weight excluding hydrogens is 240 g/mol. The second-order valence-electron chi connectivity index (χ2n) is 4.80. The lowest BCUT2D eigenvalue weighted by Crippen LogP contribution is -2.29. The van der Waals surface area contributed by atoms with Gasteiger partial charge in [0.25, 0.3) is 0 Å². The summed E-state index contributed by atoms with van der Waals surface area (Å²) >= 11 is 0. The minimum Gasteiger partial charge on any atom is -0.493 e. The molecule has 4 heteroatoms. The van der Waals surface area contributed by atoms with Gasteiger partial charge in [-0.1, -0.05) is 6.42 Å². The topological polar surface area (TPSA) is 34.6 Å². The second-order valence-corrected chi connectivity index (χ2v) is 4.80. The predicted molar refractivity (Wildman–Crippen MR) is 75.7 cm³/mol. The van der Waals surface area contributed by atoms with Crippen LogP contribution in [0.3, 0.4) is 0 Å². The SMILES string of the molecule is CCOc1ccnc(OCC)c1CN1CCCCC1. The zero-order valence-corrected chi connectivity index (χ0v) is 12.0. The van der Waals surface area contributed by atoms with Gasteiger partial charge in [0.05, 0.1) is 18.8 Å². The lowest BCUT2D eigenvalue weighted by molar-refractivity contribution is 0.210. The third kappa shape index (κ3) is 3.83. The highest BCUT2D eigenvalue weighted by Gasteiger charge is 2.17. The highest BCUT2D eigenvalue weighted by atomic mass is 16.5. The van der Waals surface area contributed by atoms with Crippen molar-refractivity contribution in [2.75, 3.05) is 26.3 Å². The molecule has 0 aliphatic carbocycles. The van der Waals surface area contributed by atoms with E-state index in [4.69, 9.17) is 9.47 Å². The minimum absolute atomic E-state index is 0.635. The van der Waals surface area contributed by atoms with Gasteiger partial charge in [0.15, 0.2) is 0 Å². The van der Waals surface area contributed by atoms with E-state index in [1.165, 1.54) is 19.3 Å². The van der Waals surface area contributed by atoms with Crippen molar-refractivity contribution in [1.29, 1.82) is 0 Å². The molecule has 106 valence electrons. The molecule has 0 bridgehead atoms. The zero-order chi connectivity index (χ0) is 13.5. The summed E-state index contributed by atoms with van der Waals surface area (Å²) in [7, 11) is 0. The van der Waals surface area contributed by atoms with E-state index in [0.29, 0.717) is 13.2 Å². The van der Waals surface area contributed by atoms with Crippen LogP contribution < -0.4 is 9.47 Å². The van der Waals surface area contributed by atoms with E-state index >= 15 is 0 Å². The Bertz CT molecular complexity index is 365. The van der Waals surface area contributed by atoms with Gasteiger partial charge in [0, 0.05) is 12.7 Å². The first-order valence-electron chi connectivity index (χ1n) is 7.31. The molecule has 1 aromatic rings. The van der Waals surface area contributed by atoms with Gasteiger partial charge in [0.1, 0.15) is 5.75 Å². The number of likely N-dealkylation sites (tertiary alicyclic amines) is 1. The van der Waals surface area contributed by atoms with Crippen LogP contribution in [0.5, 0.6) is 11.6 Å². The van der Waals surface area contributed by atoms with Crippen LogP contribution in [0.25, 0.3) is 0 Å². The number of piperidine rings is 1. The van der Waals surface area contributed by atoms with Crippen LogP contribution in [0.4, 0.5) is 0 Å². The van der Waals surface area contributed by atoms with E-state index in [2.05, 4.69) is 9.88 Å². The van der Waals surface area contributed by atoms with Crippen molar-refractivity contribution in [3.8, 4) is 11.6 Å². The van der Waals surface area contributed by atoms with E-state index in [1.807, 2.05) is 19.9 Å². The summed E-state index contributed by atoms with van der Waals surface area (Å²) in [5, 5.41) is 0.